The van der Waals surface area contributed by atoms with Crippen molar-refractivity contribution in [2.75, 3.05) is 7.11 Å². The molecular weight excluding hydrogens is 261 g/mol. The summed E-state index contributed by atoms with van der Waals surface area (Å²) in [4.78, 5) is 4.28. The molecule has 0 atom stereocenters. The van der Waals surface area contributed by atoms with Crippen molar-refractivity contribution >= 4 is 26.8 Å². The molecule has 1 aromatic carbocycles. The molecule has 15 heavy (non-hydrogen) atoms. The van der Waals surface area contributed by atoms with Crippen LogP contribution in [0.15, 0.2) is 22.7 Å². The maximum absolute atomic E-state index is 13.3. The summed E-state index contributed by atoms with van der Waals surface area (Å²) in [7, 11) is 1.57. The van der Waals surface area contributed by atoms with E-state index >= 15 is 0 Å². The first-order valence-electron chi connectivity index (χ1n) is 4.42. The van der Waals surface area contributed by atoms with Crippen molar-refractivity contribution in [1.82, 2.24) is 4.98 Å². The van der Waals surface area contributed by atoms with Gasteiger partial charge in [-0.25, -0.2) is 9.37 Å². The highest BCUT2D eigenvalue weighted by atomic mass is 79.9. The Morgan fingerprint density at radius 1 is 1.33 bits per heavy atom. The van der Waals surface area contributed by atoms with Gasteiger partial charge in [0.1, 0.15) is 5.82 Å². The number of hydrogen-bond donors (Lipinski definition) is 0. The van der Waals surface area contributed by atoms with E-state index < -0.39 is 0 Å². The first kappa shape index (κ1) is 10.4. The Hall–Kier alpha value is -1.16. The number of ether oxygens (including phenoxy) is 1. The van der Waals surface area contributed by atoms with Gasteiger partial charge in [0.25, 0.3) is 0 Å². The zero-order valence-electron chi connectivity index (χ0n) is 8.34. The second kappa shape index (κ2) is 3.77. The van der Waals surface area contributed by atoms with Gasteiger partial charge in [0.05, 0.1) is 17.1 Å². The lowest BCUT2D eigenvalue weighted by Gasteiger charge is -2.06. The molecule has 1 heterocycles. The number of aromatic nitrogens is 1. The van der Waals surface area contributed by atoms with E-state index in [4.69, 9.17) is 4.74 Å². The van der Waals surface area contributed by atoms with Crippen LogP contribution in [0.5, 0.6) is 5.88 Å². The smallest absolute Gasteiger partial charge is 0.216 e. The van der Waals surface area contributed by atoms with E-state index in [2.05, 4.69) is 20.9 Å². The molecule has 2 rings (SSSR count). The second-order valence-electron chi connectivity index (χ2n) is 3.27. The van der Waals surface area contributed by atoms with Crippen LogP contribution in [0, 0.1) is 12.7 Å². The lowest BCUT2D eigenvalue weighted by atomic mass is 10.1. The zero-order chi connectivity index (χ0) is 11.0. The summed E-state index contributed by atoms with van der Waals surface area (Å²) < 4.78 is 18.8. The average molecular weight is 270 g/mol. The van der Waals surface area contributed by atoms with Gasteiger partial charge < -0.3 is 4.74 Å². The van der Waals surface area contributed by atoms with Gasteiger partial charge in [-0.15, -0.1) is 0 Å². The predicted molar refractivity (Wildman–Crippen MR) is 60.7 cm³/mol. The lowest BCUT2D eigenvalue weighted by molar-refractivity contribution is 0.396. The Balaban J connectivity index is 2.76. The van der Waals surface area contributed by atoms with Crippen molar-refractivity contribution in [3.05, 3.63) is 34.1 Å². The Labute approximate surface area is 95.2 Å². The molecule has 0 fully saturated rings. The Morgan fingerprint density at radius 3 is 2.73 bits per heavy atom. The quantitative estimate of drug-likeness (QED) is 0.791. The highest BCUT2D eigenvalue weighted by Crippen LogP contribution is 2.26. The molecule has 4 heteroatoms. The number of aryl methyl sites for hydroxylation is 1. The van der Waals surface area contributed by atoms with Crippen LogP contribution in [0.4, 0.5) is 4.39 Å². The van der Waals surface area contributed by atoms with Gasteiger partial charge in [-0.3, -0.25) is 0 Å². The van der Waals surface area contributed by atoms with E-state index in [1.165, 1.54) is 6.07 Å². The van der Waals surface area contributed by atoms with Crippen LogP contribution in [-0.4, -0.2) is 12.1 Å². The topological polar surface area (TPSA) is 22.1 Å². The molecule has 0 saturated heterocycles. The molecule has 0 spiro atoms. The minimum atomic E-state index is -0.283. The maximum atomic E-state index is 13.3. The van der Waals surface area contributed by atoms with Crippen molar-refractivity contribution in [2.45, 2.75) is 6.92 Å². The molecule has 0 aliphatic carbocycles. The number of hydrogen-bond acceptors (Lipinski definition) is 2. The summed E-state index contributed by atoms with van der Waals surface area (Å²) in [6.07, 6.45) is 0. The van der Waals surface area contributed by atoms with Crippen molar-refractivity contribution in [3.63, 3.8) is 0 Å². The van der Waals surface area contributed by atoms with Crippen LogP contribution in [-0.2, 0) is 0 Å². The molecule has 0 unspecified atom stereocenters. The van der Waals surface area contributed by atoms with E-state index in [-0.39, 0.29) is 5.82 Å². The van der Waals surface area contributed by atoms with E-state index in [1.54, 1.807) is 13.2 Å². The zero-order valence-corrected chi connectivity index (χ0v) is 9.93. The van der Waals surface area contributed by atoms with Crippen LogP contribution in [0.1, 0.15) is 5.56 Å². The Bertz CT molecular complexity index is 527. The van der Waals surface area contributed by atoms with Crippen LogP contribution in [0.25, 0.3) is 10.9 Å². The summed E-state index contributed by atoms with van der Waals surface area (Å²) >= 11 is 3.13. The van der Waals surface area contributed by atoms with Gasteiger partial charge in [-0.2, -0.15) is 0 Å². The monoisotopic (exact) mass is 269 g/mol. The van der Waals surface area contributed by atoms with E-state index in [9.17, 15) is 4.39 Å². The summed E-state index contributed by atoms with van der Waals surface area (Å²) in [6.45, 7) is 1.88. The molecule has 0 bridgehead atoms. The summed E-state index contributed by atoms with van der Waals surface area (Å²) in [5, 5.41) is 0.772. The predicted octanol–water partition coefficient (Wildman–Crippen LogP) is 3.45. The fraction of sp³-hybridized carbons (Fsp3) is 0.182. The van der Waals surface area contributed by atoms with Crippen molar-refractivity contribution in [1.29, 1.82) is 0 Å². The van der Waals surface area contributed by atoms with Crippen molar-refractivity contribution < 1.29 is 9.13 Å². The normalized spacial score (nSPS) is 10.7. The van der Waals surface area contributed by atoms with Crippen LogP contribution in [0.3, 0.4) is 0 Å². The number of fused-ring (bicyclic) bond motifs is 1. The molecule has 0 N–H and O–H groups in total. The molecule has 0 saturated carbocycles. The van der Waals surface area contributed by atoms with Gasteiger partial charge in [-0.05, 0) is 41.1 Å². The third-order valence-electron chi connectivity index (χ3n) is 2.19. The first-order chi connectivity index (χ1) is 7.11. The minimum absolute atomic E-state index is 0.283. The molecule has 2 aromatic rings. The third kappa shape index (κ3) is 1.81. The SMILES string of the molecule is COc1nc2cc(Br)c(F)cc2cc1C. The fourth-order valence-electron chi connectivity index (χ4n) is 1.46. The summed E-state index contributed by atoms with van der Waals surface area (Å²) in [5.41, 5.74) is 1.61. The summed E-state index contributed by atoms with van der Waals surface area (Å²) in [6, 6.07) is 4.96. The molecule has 0 aliphatic rings. The molecule has 2 nitrogen and oxygen atoms in total. The molecule has 0 aliphatic heterocycles. The fourth-order valence-corrected chi connectivity index (χ4v) is 1.79. The lowest BCUT2D eigenvalue weighted by Crippen LogP contribution is -1.92. The number of rotatable bonds is 1. The van der Waals surface area contributed by atoms with E-state index in [0.717, 1.165) is 10.9 Å². The van der Waals surface area contributed by atoms with Gasteiger partial charge in [0, 0.05) is 10.9 Å². The number of methoxy groups -OCH3 is 1. The molecule has 1 aromatic heterocycles. The van der Waals surface area contributed by atoms with Crippen molar-refractivity contribution in [3.8, 4) is 5.88 Å². The highest BCUT2D eigenvalue weighted by molar-refractivity contribution is 9.10. The Morgan fingerprint density at radius 2 is 2.07 bits per heavy atom. The van der Waals surface area contributed by atoms with E-state index in [0.29, 0.717) is 15.9 Å². The van der Waals surface area contributed by atoms with Crippen LogP contribution >= 0.6 is 15.9 Å². The molecule has 0 radical (unpaired) electrons. The van der Waals surface area contributed by atoms with Crippen LogP contribution < -0.4 is 4.74 Å². The van der Waals surface area contributed by atoms with Crippen molar-refractivity contribution in [2.24, 2.45) is 0 Å². The molecule has 78 valence electrons. The first-order valence-corrected chi connectivity index (χ1v) is 5.21. The Kier molecular flexibility index (Phi) is 2.61. The van der Waals surface area contributed by atoms with Crippen LogP contribution in [0.2, 0.25) is 0 Å². The number of pyridine rings is 1. The maximum Gasteiger partial charge on any atom is 0.216 e. The standard InChI is InChI=1S/C11H9BrFNO/c1-6-3-7-4-9(13)8(12)5-10(7)14-11(6)15-2/h3-5H,1-2H3. The minimum Gasteiger partial charge on any atom is -0.481 e. The van der Waals surface area contributed by atoms with E-state index in [1.807, 2.05) is 13.0 Å². The molecular formula is C11H9BrFNO. The van der Waals surface area contributed by atoms with Gasteiger partial charge >= 0.3 is 0 Å². The highest BCUT2D eigenvalue weighted by Gasteiger charge is 2.06. The largest absolute Gasteiger partial charge is 0.481 e. The van der Waals surface area contributed by atoms with Gasteiger partial charge in [0.15, 0.2) is 0 Å². The number of nitrogens with zero attached hydrogens (tertiary/aromatic N) is 1. The number of halogens is 2. The third-order valence-corrected chi connectivity index (χ3v) is 2.80. The number of benzene rings is 1. The second-order valence-corrected chi connectivity index (χ2v) is 4.13. The van der Waals surface area contributed by atoms with Gasteiger partial charge in [0.2, 0.25) is 5.88 Å². The molecule has 0 amide bonds. The average Bonchev–Trinajstić information content (AvgIpc) is 2.20. The summed E-state index contributed by atoms with van der Waals surface area (Å²) in [5.74, 6) is 0.287. The van der Waals surface area contributed by atoms with Gasteiger partial charge in [-0.1, -0.05) is 0 Å².